The lowest BCUT2D eigenvalue weighted by Crippen LogP contribution is -2.23. The molecular weight excluding hydrogens is 200 g/mol. The van der Waals surface area contributed by atoms with Crippen LogP contribution in [0.4, 0.5) is 17.6 Å². The van der Waals surface area contributed by atoms with Crippen molar-refractivity contribution in [1.82, 2.24) is 9.97 Å². The predicted octanol–water partition coefficient (Wildman–Crippen LogP) is -1.89. The average Bonchev–Trinajstić information content (AvgIpc) is 2.25. The number of hydrogen-bond acceptors (Lipinski definition) is 8. The number of aromatic nitrogens is 2. The van der Waals surface area contributed by atoms with Crippen molar-refractivity contribution < 1.29 is 10.2 Å². The highest BCUT2D eigenvalue weighted by atomic mass is 16.3. The first-order valence-corrected chi connectivity index (χ1v) is 4.29. The number of aliphatic hydroxyl groups excluding tert-OH is 2. The molecule has 0 bridgehead atoms. The van der Waals surface area contributed by atoms with E-state index in [0.717, 1.165) is 0 Å². The average molecular weight is 214 g/mol. The Balaban J connectivity index is 2.64. The molecule has 8 heteroatoms. The molecule has 1 atom stereocenters. The maximum absolute atomic E-state index is 9.09. The molecule has 0 radical (unpaired) electrons. The normalized spacial score (nSPS) is 12.2. The minimum Gasteiger partial charge on any atom is -0.394 e. The molecule has 1 aromatic rings. The Bertz CT molecular complexity index is 320. The first-order chi connectivity index (χ1) is 7.15. The molecule has 1 heterocycles. The maximum atomic E-state index is 9.09. The summed E-state index contributed by atoms with van der Waals surface area (Å²) in [6.45, 7) is -0.160. The zero-order valence-electron chi connectivity index (χ0n) is 8.01. The van der Waals surface area contributed by atoms with Crippen LogP contribution in [0.2, 0.25) is 0 Å². The summed E-state index contributed by atoms with van der Waals surface area (Å²) in [6, 6.07) is 1.53. The molecule has 8 N–H and O–H groups in total. The minimum absolute atomic E-state index is 0.0615. The summed E-state index contributed by atoms with van der Waals surface area (Å²) in [4.78, 5) is 7.63. The van der Waals surface area contributed by atoms with Crippen LogP contribution in [-0.4, -0.2) is 39.4 Å². The largest absolute Gasteiger partial charge is 0.394 e. The van der Waals surface area contributed by atoms with Crippen molar-refractivity contribution in [2.24, 2.45) is 5.84 Å². The van der Waals surface area contributed by atoms with Gasteiger partial charge in [-0.2, -0.15) is 9.97 Å². The number of nitrogens with zero attached hydrogens (tertiary/aromatic N) is 2. The van der Waals surface area contributed by atoms with E-state index < -0.39 is 6.10 Å². The fourth-order valence-electron chi connectivity index (χ4n) is 0.917. The van der Waals surface area contributed by atoms with E-state index in [1.807, 2.05) is 0 Å². The van der Waals surface area contributed by atoms with Gasteiger partial charge >= 0.3 is 0 Å². The van der Waals surface area contributed by atoms with Crippen LogP contribution in [0.15, 0.2) is 6.07 Å². The van der Waals surface area contributed by atoms with Crippen LogP contribution in [0.3, 0.4) is 0 Å². The van der Waals surface area contributed by atoms with Crippen LogP contribution in [0, 0.1) is 0 Å². The van der Waals surface area contributed by atoms with E-state index in [-0.39, 0.29) is 19.1 Å². The minimum atomic E-state index is -0.851. The second kappa shape index (κ2) is 5.29. The van der Waals surface area contributed by atoms with Gasteiger partial charge in [0.1, 0.15) is 11.6 Å². The van der Waals surface area contributed by atoms with Crippen molar-refractivity contribution >= 4 is 17.6 Å². The fraction of sp³-hybridized carbons (Fsp3) is 0.429. The monoisotopic (exact) mass is 214 g/mol. The summed E-state index contributed by atoms with van der Waals surface area (Å²) in [6.07, 6.45) is -0.851. The van der Waals surface area contributed by atoms with Crippen molar-refractivity contribution in [2.75, 3.05) is 29.6 Å². The smallest absolute Gasteiger partial charge is 0.223 e. The standard InChI is InChI=1S/C7H14N6O2/c8-7-11-5(1-6(12-7)13-9)10-2-4(15)3-14/h1,4,14-15H,2-3,9H2,(H4,8,10,11,12,13). The zero-order valence-corrected chi connectivity index (χ0v) is 8.01. The van der Waals surface area contributed by atoms with E-state index in [9.17, 15) is 0 Å². The van der Waals surface area contributed by atoms with E-state index in [4.69, 9.17) is 21.8 Å². The van der Waals surface area contributed by atoms with Gasteiger partial charge in [0.2, 0.25) is 5.95 Å². The molecule has 0 spiro atoms. The number of hydrogen-bond donors (Lipinski definition) is 6. The number of nitrogens with two attached hydrogens (primary N) is 2. The van der Waals surface area contributed by atoms with Gasteiger partial charge in [0.05, 0.1) is 12.7 Å². The molecule has 0 amide bonds. The molecule has 15 heavy (non-hydrogen) atoms. The van der Waals surface area contributed by atoms with Gasteiger partial charge in [0.15, 0.2) is 0 Å². The van der Waals surface area contributed by atoms with Crippen molar-refractivity contribution in [1.29, 1.82) is 0 Å². The van der Waals surface area contributed by atoms with Crippen LogP contribution in [-0.2, 0) is 0 Å². The molecule has 1 unspecified atom stereocenters. The third-order valence-electron chi connectivity index (χ3n) is 1.62. The highest BCUT2D eigenvalue weighted by Crippen LogP contribution is 2.10. The Labute approximate surface area is 86.3 Å². The Kier molecular flexibility index (Phi) is 4.03. The predicted molar refractivity (Wildman–Crippen MR) is 55.8 cm³/mol. The summed E-state index contributed by atoms with van der Waals surface area (Å²) in [5, 5.41) is 20.5. The highest BCUT2D eigenvalue weighted by molar-refractivity contribution is 5.50. The van der Waals surface area contributed by atoms with E-state index in [1.54, 1.807) is 0 Å². The fourth-order valence-corrected chi connectivity index (χ4v) is 0.917. The Morgan fingerprint density at radius 2 is 2.07 bits per heavy atom. The summed E-state index contributed by atoms with van der Waals surface area (Å²) in [5.74, 6) is 6.00. The number of rotatable bonds is 5. The third kappa shape index (κ3) is 3.54. The van der Waals surface area contributed by atoms with Gasteiger partial charge in [-0.25, -0.2) is 5.84 Å². The second-order valence-corrected chi connectivity index (χ2v) is 2.86. The number of hydrazine groups is 1. The lowest BCUT2D eigenvalue weighted by Gasteiger charge is -2.10. The third-order valence-corrected chi connectivity index (χ3v) is 1.62. The van der Waals surface area contributed by atoms with Crippen LogP contribution >= 0.6 is 0 Å². The van der Waals surface area contributed by atoms with Crippen LogP contribution in [0.5, 0.6) is 0 Å². The maximum Gasteiger partial charge on any atom is 0.223 e. The van der Waals surface area contributed by atoms with Gasteiger partial charge < -0.3 is 26.7 Å². The second-order valence-electron chi connectivity index (χ2n) is 2.86. The summed E-state index contributed by atoms with van der Waals surface area (Å²) in [5.41, 5.74) is 7.73. The first-order valence-electron chi connectivity index (χ1n) is 4.29. The molecule has 0 saturated heterocycles. The highest BCUT2D eigenvalue weighted by Gasteiger charge is 2.04. The molecule has 0 aliphatic rings. The first kappa shape index (κ1) is 11.4. The molecule has 84 valence electrons. The van der Waals surface area contributed by atoms with Gasteiger partial charge in [-0.3, -0.25) is 0 Å². The van der Waals surface area contributed by atoms with Crippen LogP contribution < -0.4 is 22.3 Å². The summed E-state index contributed by atoms with van der Waals surface area (Å²) in [7, 11) is 0. The molecule has 0 aliphatic heterocycles. The molecule has 1 rings (SSSR count). The number of anilines is 3. The summed E-state index contributed by atoms with van der Waals surface area (Å²) < 4.78 is 0. The van der Waals surface area contributed by atoms with Crippen molar-refractivity contribution in [3.05, 3.63) is 6.07 Å². The quantitative estimate of drug-likeness (QED) is 0.247. The molecule has 0 aromatic carbocycles. The van der Waals surface area contributed by atoms with Gasteiger partial charge in [-0.1, -0.05) is 0 Å². The van der Waals surface area contributed by atoms with Crippen LogP contribution in [0.25, 0.3) is 0 Å². The molecule has 0 saturated carbocycles. The number of nitrogen functional groups attached to an aromatic ring is 2. The van der Waals surface area contributed by atoms with Crippen molar-refractivity contribution in [2.45, 2.75) is 6.10 Å². The molecular formula is C7H14N6O2. The lowest BCUT2D eigenvalue weighted by atomic mass is 10.4. The van der Waals surface area contributed by atoms with Crippen LogP contribution in [0.1, 0.15) is 0 Å². The lowest BCUT2D eigenvalue weighted by molar-refractivity contribution is 0.105. The van der Waals surface area contributed by atoms with E-state index in [2.05, 4.69) is 20.7 Å². The van der Waals surface area contributed by atoms with Gasteiger partial charge in [0, 0.05) is 12.6 Å². The summed E-state index contributed by atoms with van der Waals surface area (Å²) >= 11 is 0. The Hall–Kier alpha value is -1.64. The number of aliphatic hydroxyl groups is 2. The Morgan fingerprint density at radius 1 is 1.40 bits per heavy atom. The van der Waals surface area contributed by atoms with Crippen molar-refractivity contribution in [3.63, 3.8) is 0 Å². The van der Waals surface area contributed by atoms with Gasteiger partial charge in [0.25, 0.3) is 0 Å². The molecule has 0 aliphatic carbocycles. The van der Waals surface area contributed by atoms with E-state index >= 15 is 0 Å². The number of nitrogens with one attached hydrogen (secondary N) is 2. The van der Waals surface area contributed by atoms with E-state index in [1.165, 1.54) is 6.07 Å². The molecule has 1 aromatic heterocycles. The Morgan fingerprint density at radius 3 is 2.67 bits per heavy atom. The molecule has 0 fully saturated rings. The van der Waals surface area contributed by atoms with Gasteiger partial charge in [-0.05, 0) is 0 Å². The SMILES string of the molecule is NNc1cc(NCC(O)CO)nc(N)n1. The van der Waals surface area contributed by atoms with E-state index in [0.29, 0.717) is 11.6 Å². The molecule has 8 nitrogen and oxygen atoms in total. The topological polar surface area (TPSA) is 142 Å². The van der Waals surface area contributed by atoms with Crippen molar-refractivity contribution in [3.8, 4) is 0 Å². The zero-order chi connectivity index (χ0) is 11.3. The van der Waals surface area contributed by atoms with Gasteiger partial charge in [-0.15, -0.1) is 0 Å².